The van der Waals surface area contributed by atoms with Gasteiger partial charge in [-0.3, -0.25) is 9.59 Å². The molecule has 1 aliphatic rings. The summed E-state index contributed by atoms with van der Waals surface area (Å²) in [7, 11) is 3.94. The molecule has 0 atom stereocenters. The second-order valence-electron chi connectivity index (χ2n) is 5.76. The normalized spacial score (nSPS) is 15.5. The molecule has 1 aromatic carbocycles. The molecule has 2 rings (SSSR count). The maximum Gasteiger partial charge on any atom is 0.309 e. The maximum absolute atomic E-state index is 12.5. The van der Waals surface area contributed by atoms with Crippen molar-refractivity contribution in [2.75, 3.05) is 38.7 Å². The largest absolute Gasteiger partial charge is 0.466 e. The number of rotatable bonds is 4. The number of hydrogen-bond donors (Lipinski definition) is 0. The summed E-state index contributed by atoms with van der Waals surface area (Å²) in [6.45, 7) is 3.44. The summed E-state index contributed by atoms with van der Waals surface area (Å²) in [4.78, 5) is 28.0. The van der Waals surface area contributed by atoms with Crippen LogP contribution < -0.4 is 4.90 Å². The number of hydrogen-bond acceptors (Lipinski definition) is 4. The van der Waals surface area contributed by atoms with Crippen molar-refractivity contribution in [2.24, 2.45) is 5.92 Å². The molecule has 0 unspecified atom stereocenters. The Bertz CT molecular complexity index is 517. The molecule has 0 N–H and O–H groups in total. The molecule has 0 saturated carbocycles. The van der Waals surface area contributed by atoms with Crippen LogP contribution in [-0.2, 0) is 9.53 Å². The van der Waals surface area contributed by atoms with Crippen LogP contribution in [0, 0.1) is 5.92 Å². The van der Waals surface area contributed by atoms with Crippen molar-refractivity contribution in [1.82, 2.24) is 4.90 Å². The van der Waals surface area contributed by atoms with Crippen LogP contribution in [0.4, 0.5) is 5.69 Å². The van der Waals surface area contributed by atoms with Crippen molar-refractivity contribution in [2.45, 2.75) is 19.8 Å². The number of esters is 1. The highest BCUT2D eigenvalue weighted by molar-refractivity contribution is 5.94. The van der Waals surface area contributed by atoms with Gasteiger partial charge in [0.1, 0.15) is 0 Å². The Morgan fingerprint density at radius 1 is 1.18 bits per heavy atom. The van der Waals surface area contributed by atoms with Crippen LogP contribution in [0.25, 0.3) is 0 Å². The van der Waals surface area contributed by atoms with E-state index in [1.165, 1.54) is 0 Å². The first-order valence-corrected chi connectivity index (χ1v) is 7.76. The van der Waals surface area contributed by atoms with Gasteiger partial charge in [0.15, 0.2) is 0 Å². The van der Waals surface area contributed by atoms with Crippen molar-refractivity contribution in [3.05, 3.63) is 29.8 Å². The zero-order valence-corrected chi connectivity index (χ0v) is 13.5. The van der Waals surface area contributed by atoms with Crippen LogP contribution in [-0.4, -0.2) is 50.6 Å². The number of anilines is 1. The number of carbonyl (C=O) groups excluding carboxylic acids is 2. The van der Waals surface area contributed by atoms with Gasteiger partial charge in [-0.15, -0.1) is 0 Å². The fourth-order valence-corrected chi connectivity index (χ4v) is 2.66. The third kappa shape index (κ3) is 3.78. The molecule has 1 aliphatic heterocycles. The van der Waals surface area contributed by atoms with E-state index in [4.69, 9.17) is 4.74 Å². The monoisotopic (exact) mass is 304 g/mol. The van der Waals surface area contributed by atoms with Crippen LogP contribution in [0.15, 0.2) is 24.3 Å². The predicted molar refractivity (Wildman–Crippen MR) is 86.0 cm³/mol. The van der Waals surface area contributed by atoms with Crippen LogP contribution in [0.1, 0.15) is 30.1 Å². The second-order valence-corrected chi connectivity index (χ2v) is 5.76. The van der Waals surface area contributed by atoms with Gasteiger partial charge in [-0.1, -0.05) is 0 Å². The van der Waals surface area contributed by atoms with Crippen LogP contribution in [0.2, 0.25) is 0 Å². The first kappa shape index (κ1) is 16.3. The van der Waals surface area contributed by atoms with E-state index in [1.54, 1.807) is 0 Å². The van der Waals surface area contributed by atoms with Gasteiger partial charge in [0.2, 0.25) is 0 Å². The molecule has 1 heterocycles. The van der Waals surface area contributed by atoms with Crippen molar-refractivity contribution < 1.29 is 14.3 Å². The molecule has 0 spiro atoms. The lowest BCUT2D eigenvalue weighted by molar-refractivity contribution is -0.149. The Balaban J connectivity index is 1.93. The lowest BCUT2D eigenvalue weighted by atomic mass is 9.96. The summed E-state index contributed by atoms with van der Waals surface area (Å²) in [5.74, 6) is -0.169. The van der Waals surface area contributed by atoms with E-state index in [2.05, 4.69) is 0 Å². The molecule has 0 bridgehead atoms. The Labute approximate surface area is 131 Å². The summed E-state index contributed by atoms with van der Waals surface area (Å²) >= 11 is 0. The molecule has 120 valence electrons. The van der Waals surface area contributed by atoms with Crippen molar-refractivity contribution in [1.29, 1.82) is 0 Å². The fraction of sp³-hybridized carbons (Fsp3) is 0.529. The first-order chi connectivity index (χ1) is 10.5. The smallest absolute Gasteiger partial charge is 0.309 e. The average Bonchev–Trinajstić information content (AvgIpc) is 2.54. The number of likely N-dealkylation sites (tertiary alicyclic amines) is 1. The number of carbonyl (C=O) groups is 2. The molecule has 0 radical (unpaired) electrons. The van der Waals surface area contributed by atoms with E-state index in [9.17, 15) is 9.59 Å². The molecule has 1 fully saturated rings. The zero-order chi connectivity index (χ0) is 16.1. The van der Waals surface area contributed by atoms with E-state index in [0.29, 0.717) is 38.1 Å². The third-order valence-electron chi connectivity index (χ3n) is 4.03. The molecular formula is C17H24N2O3. The van der Waals surface area contributed by atoms with Gasteiger partial charge < -0.3 is 14.5 Å². The van der Waals surface area contributed by atoms with Crippen molar-refractivity contribution in [3.63, 3.8) is 0 Å². The Kier molecular flexibility index (Phi) is 5.41. The number of nitrogens with zero attached hydrogens (tertiary/aromatic N) is 2. The van der Waals surface area contributed by atoms with Gasteiger partial charge >= 0.3 is 5.97 Å². The molecule has 5 heteroatoms. The zero-order valence-electron chi connectivity index (χ0n) is 13.5. The second kappa shape index (κ2) is 7.29. The molecule has 0 aromatic heterocycles. The molecule has 1 amide bonds. The number of ether oxygens (including phenoxy) is 1. The van der Waals surface area contributed by atoms with E-state index in [-0.39, 0.29) is 17.8 Å². The Hall–Kier alpha value is -2.04. The van der Waals surface area contributed by atoms with Gasteiger partial charge in [0, 0.05) is 38.4 Å². The minimum Gasteiger partial charge on any atom is -0.466 e. The Morgan fingerprint density at radius 3 is 2.27 bits per heavy atom. The maximum atomic E-state index is 12.5. The van der Waals surface area contributed by atoms with Crippen LogP contribution in [0.3, 0.4) is 0 Å². The van der Waals surface area contributed by atoms with E-state index in [0.717, 1.165) is 5.69 Å². The lowest BCUT2D eigenvalue weighted by Crippen LogP contribution is -2.40. The number of piperidine rings is 1. The van der Waals surface area contributed by atoms with Crippen molar-refractivity contribution in [3.8, 4) is 0 Å². The highest BCUT2D eigenvalue weighted by Crippen LogP contribution is 2.21. The fourth-order valence-electron chi connectivity index (χ4n) is 2.66. The van der Waals surface area contributed by atoms with Gasteiger partial charge in [-0.05, 0) is 44.0 Å². The summed E-state index contributed by atoms with van der Waals surface area (Å²) in [5, 5.41) is 0. The summed E-state index contributed by atoms with van der Waals surface area (Å²) in [6.07, 6.45) is 1.36. The topological polar surface area (TPSA) is 49.9 Å². The minimum atomic E-state index is -0.134. The Morgan fingerprint density at radius 2 is 1.77 bits per heavy atom. The molecular weight excluding hydrogens is 280 g/mol. The van der Waals surface area contributed by atoms with Crippen molar-refractivity contribution >= 4 is 17.6 Å². The summed E-state index contributed by atoms with van der Waals surface area (Å²) in [6, 6.07) is 7.60. The third-order valence-corrected chi connectivity index (χ3v) is 4.03. The molecule has 1 aromatic rings. The SMILES string of the molecule is CCOC(=O)C1CCN(C(=O)c2ccc(N(C)C)cc2)CC1. The molecule has 22 heavy (non-hydrogen) atoms. The predicted octanol–water partition coefficient (Wildman–Crippen LogP) is 2.17. The number of amides is 1. The minimum absolute atomic E-state index is 0.0348. The summed E-state index contributed by atoms with van der Waals surface area (Å²) in [5.41, 5.74) is 1.76. The van der Waals surface area contributed by atoms with Gasteiger partial charge in [-0.2, -0.15) is 0 Å². The molecule has 1 saturated heterocycles. The van der Waals surface area contributed by atoms with E-state index >= 15 is 0 Å². The average molecular weight is 304 g/mol. The summed E-state index contributed by atoms with van der Waals surface area (Å²) < 4.78 is 5.05. The lowest BCUT2D eigenvalue weighted by Gasteiger charge is -2.31. The van der Waals surface area contributed by atoms with E-state index in [1.807, 2.05) is 55.1 Å². The standard InChI is InChI=1S/C17H24N2O3/c1-4-22-17(21)14-9-11-19(12-10-14)16(20)13-5-7-15(8-6-13)18(2)3/h5-8,14H,4,9-12H2,1-3H3. The van der Waals surface area contributed by atoms with Gasteiger partial charge in [-0.25, -0.2) is 0 Å². The molecule has 5 nitrogen and oxygen atoms in total. The highest BCUT2D eigenvalue weighted by atomic mass is 16.5. The van der Waals surface area contributed by atoms with Gasteiger partial charge in [0.25, 0.3) is 5.91 Å². The highest BCUT2D eigenvalue weighted by Gasteiger charge is 2.28. The van der Waals surface area contributed by atoms with Crippen LogP contribution >= 0.6 is 0 Å². The van der Waals surface area contributed by atoms with Crippen LogP contribution in [0.5, 0.6) is 0 Å². The van der Waals surface area contributed by atoms with E-state index < -0.39 is 0 Å². The number of benzene rings is 1. The first-order valence-electron chi connectivity index (χ1n) is 7.76. The molecule has 0 aliphatic carbocycles. The quantitative estimate of drug-likeness (QED) is 0.800. The van der Waals surface area contributed by atoms with Gasteiger partial charge in [0.05, 0.1) is 12.5 Å².